The molecule has 2 aliphatic heterocycles. The maximum Gasteiger partial charge on any atom is 0.255 e. The molecule has 0 aromatic heterocycles. The van der Waals surface area contributed by atoms with Crippen molar-refractivity contribution in [2.24, 2.45) is 0 Å². The minimum Gasteiger partial charge on any atom is -0.367 e. The van der Waals surface area contributed by atoms with Gasteiger partial charge in [-0.3, -0.25) is 4.79 Å². The number of amides is 1. The number of carbonyl (C=O) groups is 1. The van der Waals surface area contributed by atoms with E-state index in [0.29, 0.717) is 18.7 Å². The van der Waals surface area contributed by atoms with E-state index in [4.69, 9.17) is 0 Å². The van der Waals surface area contributed by atoms with Gasteiger partial charge < -0.3 is 15.1 Å². The largest absolute Gasteiger partial charge is 0.367 e. The van der Waals surface area contributed by atoms with Gasteiger partial charge in [0, 0.05) is 44.8 Å². The minimum atomic E-state index is -3.56. The van der Waals surface area contributed by atoms with E-state index in [2.05, 4.69) is 22.2 Å². The van der Waals surface area contributed by atoms with Crippen molar-refractivity contribution < 1.29 is 13.2 Å². The monoisotopic (exact) mass is 428 g/mol. The van der Waals surface area contributed by atoms with Crippen molar-refractivity contribution in [1.82, 2.24) is 9.21 Å². The fourth-order valence-corrected chi connectivity index (χ4v) is 5.54. The molecule has 2 aromatic rings. The van der Waals surface area contributed by atoms with Crippen LogP contribution in [0.15, 0.2) is 53.4 Å². The lowest BCUT2D eigenvalue weighted by Crippen LogP contribution is -2.44. The first-order valence-corrected chi connectivity index (χ1v) is 11.8. The molecule has 2 fully saturated rings. The van der Waals surface area contributed by atoms with E-state index < -0.39 is 10.0 Å². The second kappa shape index (κ2) is 8.75. The summed E-state index contributed by atoms with van der Waals surface area (Å²) in [6, 6.07) is 14.1. The molecule has 2 aliphatic rings. The van der Waals surface area contributed by atoms with Crippen molar-refractivity contribution in [1.29, 1.82) is 0 Å². The zero-order chi connectivity index (χ0) is 21.1. The third-order valence-electron chi connectivity index (χ3n) is 5.80. The van der Waals surface area contributed by atoms with Gasteiger partial charge in [-0.05, 0) is 50.2 Å². The molecular formula is C22H28N4O3S. The van der Waals surface area contributed by atoms with Crippen LogP contribution in [0.1, 0.15) is 23.2 Å². The van der Waals surface area contributed by atoms with Gasteiger partial charge in [-0.1, -0.05) is 18.2 Å². The predicted molar refractivity (Wildman–Crippen MR) is 119 cm³/mol. The summed E-state index contributed by atoms with van der Waals surface area (Å²) in [4.78, 5) is 17.7. The second-order valence-electron chi connectivity index (χ2n) is 7.90. The number of hydrogen-bond acceptors (Lipinski definition) is 5. The Labute approximate surface area is 178 Å². The molecule has 1 amide bonds. The number of anilines is 2. The van der Waals surface area contributed by atoms with Crippen LogP contribution in [0.2, 0.25) is 0 Å². The number of carbonyl (C=O) groups excluding carboxylic acids is 1. The number of benzene rings is 2. The van der Waals surface area contributed by atoms with Gasteiger partial charge in [0.25, 0.3) is 5.91 Å². The molecule has 2 saturated heterocycles. The average molecular weight is 429 g/mol. The van der Waals surface area contributed by atoms with Crippen molar-refractivity contribution in [3.8, 4) is 0 Å². The Bertz CT molecular complexity index is 1010. The van der Waals surface area contributed by atoms with E-state index >= 15 is 0 Å². The fraction of sp³-hybridized carbons (Fsp3) is 0.409. The highest BCUT2D eigenvalue weighted by molar-refractivity contribution is 7.89. The first-order chi connectivity index (χ1) is 14.4. The van der Waals surface area contributed by atoms with Crippen molar-refractivity contribution >= 4 is 27.3 Å². The van der Waals surface area contributed by atoms with Gasteiger partial charge in [-0.2, -0.15) is 4.31 Å². The van der Waals surface area contributed by atoms with Crippen LogP contribution in [-0.4, -0.2) is 69.8 Å². The zero-order valence-electron chi connectivity index (χ0n) is 17.3. The zero-order valence-corrected chi connectivity index (χ0v) is 18.1. The Morgan fingerprint density at radius 2 is 1.60 bits per heavy atom. The lowest BCUT2D eigenvalue weighted by molar-refractivity contribution is 0.102. The molecule has 0 saturated carbocycles. The quantitative estimate of drug-likeness (QED) is 0.792. The lowest BCUT2D eigenvalue weighted by Gasteiger charge is -2.35. The molecule has 160 valence electrons. The predicted octanol–water partition coefficient (Wildman–Crippen LogP) is 2.48. The molecule has 0 aliphatic carbocycles. The summed E-state index contributed by atoms with van der Waals surface area (Å²) in [5.41, 5.74) is 2.06. The summed E-state index contributed by atoms with van der Waals surface area (Å²) in [5, 5.41) is 2.98. The smallest absolute Gasteiger partial charge is 0.255 e. The molecule has 7 nitrogen and oxygen atoms in total. The molecule has 2 heterocycles. The SMILES string of the molecule is CN1CCN(c2ccccc2NC(=O)c2cccc(S(=O)(=O)N3CCCC3)c2)CC1. The molecule has 0 spiro atoms. The lowest BCUT2D eigenvalue weighted by atomic mass is 10.2. The Morgan fingerprint density at radius 1 is 0.900 bits per heavy atom. The molecule has 8 heteroatoms. The van der Waals surface area contributed by atoms with Gasteiger partial charge in [-0.25, -0.2) is 8.42 Å². The van der Waals surface area contributed by atoms with E-state index in [1.54, 1.807) is 18.2 Å². The van der Waals surface area contributed by atoms with E-state index in [1.807, 2.05) is 24.3 Å². The van der Waals surface area contributed by atoms with Crippen molar-refractivity contribution in [3.63, 3.8) is 0 Å². The van der Waals surface area contributed by atoms with Gasteiger partial charge in [-0.15, -0.1) is 0 Å². The van der Waals surface area contributed by atoms with Crippen molar-refractivity contribution in [2.75, 3.05) is 56.5 Å². The molecule has 1 N–H and O–H groups in total. The molecule has 0 unspecified atom stereocenters. The Hall–Kier alpha value is -2.42. The van der Waals surface area contributed by atoms with E-state index in [0.717, 1.165) is 50.4 Å². The number of nitrogens with zero attached hydrogens (tertiary/aromatic N) is 3. The van der Waals surface area contributed by atoms with Gasteiger partial charge in [0.05, 0.1) is 16.3 Å². The highest BCUT2D eigenvalue weighted by Crippen LogP contribution is 2.27. The normalized spacial score (nSPS) is 18.5. The Balaban J connectivity index is 1.54. The first kappa shape index (κ1) is 20.8. The van der Waals surface area contributed by atoms with E-state index in [9.17, 15) is 13.2 Å². The van der Waals surface area contributed by atoms with Gasteiger partial charge in [0.1, 0.15) is 0 Å². The number of hydrogen-bond donors (Lipinski definition) is 1. The van der Waals surface area contributed by atoms with Gasteiger partial charge in [0.15, 0.2) is 0 Å². The maximum absolute atomic E-state index is 13.0. The highest BCUT2D eigenvalue weighted by atomic mass is 32.2. The number of nitrogens with one attached hydrogen (secondary N) is 1. The van der Waals surface area contributed by atoms with Crippen LogP contribution in [0, 0.1) is 0 Å². The number of sulfonamides is 1. The minimum absolute atomic E-state index is 0.171. The van der Waals surface area contributed by atoms with Crippen LogP contribution in [0.3, 0.4) is 0 Å². The molecule has 2 aromatic carbocycles. The Morgan fingerprint density at radius 3 is 2.33 bits per heavy atom. The highest BCUT2D eigenvalue weighted by Gasteiger charge is 2.27. The molecule has 0 bridgehead atoms. The van der Waals surface area contributed by atoms with Crippen LogP contribution in [-0.2, 0) is 10.0 Å². The number of rotatable bonds is 5. The van der Waals surface area contributed by atoms with Gasteiger partial charge >= 0.3 is 0 Å². The number of piperazine rings is 1. The van der Waals surface area contributed by atoms with Gasteiger partial charge in [0.2, 0.25) is 10.0 Å². The van der Waals surface area contributed by atoms with Crippen LogP contribution in [0.4, 0.5) is 11.4 Å². The van der Waals surface area contributed by atoms with Crippen LogP contribution < -0.4 is 10.2 Å². The van der Waals surface area contributed by atoms with Crippen molar-refractivity contribution in [3.05, 3.63) is 54.1 Å². The summed E-state index contributed by atoms with van der Waals surface area (Å²) in [6.07, 6.45) is 1.75. The van der Waals surface area contributed by atoms with E-state index in [-0.39, 0.29) is 10.8 Å². The third-order valence-corrected chi connectivity index (χ3v) is 7.69. The van der Waals surface area contributed by atoms with Crippen molar-refractivity contribution in [2.45, 2.75) is 17.7 Å². The topological polar surface area (TPSA) is 73.0 Å². The molecule has 0 atom stereocenters. The summed E-state index contributed by atoms with van der Waals surface area (Å²) < 4.78 is 27.2. The molecule has 30 heavy (non-hydrogen) atoms. The Kier molecular flexibility index (Phi) is 6.08. The average Bonchev–Trinajstić information content (AvgIpc) is 3.31. The maximum atomic E-state index is 13.0. The molecule has 0 radical (unpaired) electrons. The first-order valence-electron chi connectivity index (χ1n) is 10.4. The second-order valence-corrected chi connectivity index (χ2v) is 9.84. The standard InChI is InChI=1S/C22H28N4O3S/c1-24-13-15-25(16-14-24)21-10-3-2-9-20(21)23-22(27)18-7-6-8-19(17-18)30(28,29)26-11-4-5-12-26/h2-3,6-10,17H,4-5,11-16H2,1H3,(H,23,27). The third kappa shape index (κ3) is 4.35. The fourth-order valence-electron chi connectivity index (χ4n) is 3.97. The summed E-state index contributed by atoms with van der Waals surface area (Å²) in [7, 11) is -1.45. The van der Waals surface area contributed by atoms with E-state index in [1.165, 1.54) is 10.4 Å². The molecular weight excluding hydrogens is 400 g/mol. The number of para-hydroxylation sites is 2. The number of likely N-dealkylation sites (N-methyl/N-ethyl adjacent to an activating group) is 1. The summed E-state index contributed by atoms with van der Waals surface area (Å²) in [6.45, 7) is 4.81. The van der Waals surface area contributed by atoms with Crippen LogP contribution in [0.5, 0.6) is 0 Å². The summed E-state index contributed by atoms with van der Waals surface area (Å²) in [5.74, 6) is -0.310. The summed E-state index contributed by atoms with van der Waals surface area (Å²) >= 11 is 0. The van der Waals surface area contributed by atoms with Crippen LogP contribution in [0.25, 0.3) is 0 Å². The van der Waals surface area contributed by atoms with Crippen LogP contribution >= 0.6 is 0 Å². The molecule has 4 rings (SSSR count).